The van der Waals surface area contributed by atoms with Gasteiger partial charge in [-0.3, -0.25) is 9.59 Å². The molecule has 2 aliphatic rings. The van der Waals surface area contributed by atoms with Gasteiger partial charge < -0.3 is 10.2 Å². The van der Waals surface area contributed by atoms with Crippen molar-refractivity contribution in [2.24, 2.45) is 11.8 Å². The highest BCUT2D eigenvalue weighted by atomic mass is 19.1. The van der Waals surface area contributed by atoms with Crippen molar-refractivity contribution < 1.29 is 14.0 Å². The lowest BCUT2D eigenvalue weighted by atomic mass is 10.2. The molecule has 5 heteroatoms. The molecule has 4 nitrogen and oxygen atoms in total. The van der Waals surface area contributed by atoms with Crippen LogP contribution in [0.1, 0.15) is 12.0 Å². The highest BCUT2D eigenvalue weighted by Crippen LogP contribution is 2.43. The van der Waals surface area contributed by atoms with E-state index in [0.29, 0.717) is 13.0 Å². The van der Waals surface area contributed by atoms with Gasteiger partial charge in [-0.1, -0.05) is 30.3 Å². The molecule has 2 atom stereocenters. The molecule has 2 unspecified atom stereocenters. The Morgan fingerprint density at radius 3 is 2.62 bits per heavy atom. The molecular weight excluding hydrogens is 307 g/mol. The summed E-state index contributed by atoms with van der Waals surface area (Å²) in [4.78, 5) is 26.7. The lowest BCUT2D eigenvalue weighted by Gasteiger charge is -2.17. The first-order chi connectivity index (χ1) is 11.6. The maximum atomic E-state index is 13.6. The molecule has 0 spiro atoms. The van der Waals surface area contributed by atoms with Crippen molar-refractivity contribution in [3.05, 3.63) is 59.9 Å². The van der Waals surface area contributed by atoms with Gasteiger partial charge in [0.25, 0.3) is 0 Å². The zero-order valence-corrected chi connectivity index (χ0v) is 13.0. The van der Waals surface area contributed by atoms with Crippen LogP contribution < -0.4 is 10.2 Å². The Hall–Kier alpha value is -2.69. The molecule has 0 bridgehead atoms. The SMILES string of the molecule is O=C(Nc1ccccc1F)C1CC1C(=O)N1CCc2ccccc21. The lowest BCUT2D eigenvalue weighted by Crippen LogP contribution is -2.32. The quantitative estimate of drug-likeness (QED) is 0.943. The minimum atomic E-state index is -0.470. The van der Waals surface area contributed by atoms with Crippen molar-refractivity contribution in [3.63, 3.8) is 0 Å². The second kappa shape index (κ2) is 5.74. The predicted molar refractivity (Wildman–Crippen MR) is 89.1 cm³/mol. The van der Waals surface area contributed by atoms with E-state index in [9.17, 15) is 14.0 Å². The van der Waals surface area contributed by atoms with Crippen LogP contribution in [0, 0.1) is 17.7 Å². The Bertz CT molecular complexity index is 821. The molecule has 0 saturated heterocycles. The average Bonchev–Trinajstić information content (AvgIpc) is 3.28. The van der Waals surface area contributed by atoms with E-state index in [1.807, 2.05) is 24.3 Å². The summed E-state index contributed by atoms with van der Waals surface area (Å²) in [5, 5.41) is 2.58. The number of hydrogen-bond acceptors (Lipinski definition) is 2. The summed E-state index contributed by atoms with van der Waals surface area (Å²) >= 11 is 0. The average molecular weight is 324 g/mol. The van der Waals surface area contributed by atoms with Gasteiger partial charge in [0.05, 0.1) is 17.5 Å². The zero-order valence-electron chi connectivity index (χ0n) is 13.0. The molecule has 2 aromatic carbocycles. The van der Waals surface area contributed by atoms with Gasteiger partial charge in [-0.05, 0) is 36.6 Å². The minimum absolute atomic E-state index is 0.00589. The molecule has 122 valence electrons. The summed E-state index contributed by atoms with van der Waals surface area (Å²) in [6.45, 7) is 0.663. The van der Waals surface area contributed by atoms with Crippen LogP contribution in [0.15, 0.2) is 48.5 Å². The first-order valence-electron chi connectivity index (χ1n) is 8.10. The number of carbonyl (C=O) groups excluding carboxylic acids is 2. The molecule has 1 aliphatic heterocycles. The van der Waals surface area contributed by atoms with Crippen molar-refractivity contribution in [1.82, 2.24) is 0 Å². The smallest absolute Gasteiger partial charge is 0.230 e. The third-order valence-electron chi connectivity index (χ3n) is 4.73. The molecule has 1 fully saturated rings. The van der Waals surface area contributed by atoms with Gasteiger partial charge in [-0.15, -0.1) is 0 Å². The van der Waals surface area contributed by atoms with Crippen molar-refractivity contribution in [2.75, 3.05) is 16.8 Å². The Labute approximate surface area is 139 Å². The number of amides is 2. The van der Waals surface area contributed by atoms with Crippen LogP contribution in [0.5, 0.6) is 0 Å². The number of carbonyl (C=O) groups is 2. The van der Waals surface area contributed by atoms with Crippen LogP contribution in [0.2, 0.25) is 0 Å². The third-order valence-corrected chi connectivity index (χ3v) is 4.73. The van der Waals surface area contributed by atoms with Crippen molar-refractivity contribution in [3.8, 4) is 0 Å². The Morgan fingerprint density at radius 2 is 1.79 bits per heavy atom. The molecule has 4 rings (SSSR count). The number of anilines is 2. The van der Waals surface area contributed by atoms with E-state index in [0.717, 1.165) is 12.1 Å². The first kappa shape index (κ1) is 14.9. The topological polar surface area (TPSA) is 49.4 Å². The van der Waals surface area contributed by atoms with Crippen LogP contribution in [0.3, 0.4) is 0 Å². The summed E-state index contributed by atoms with van der Waals surface area (Å²) in [7, 11) is 0. The van der Waals surface area contributed by atoms with Gasteiger partial charge in [0.1, 0.15) is 5.82 Å². The van der Waals surface area contributed by atoms with Crippen LogP contribution in [0.25, 0.3) is 0 Å². The molecule has 1 aliphatic carbocycles. The molecule has 2 aromatic rings. The molecule has 1 saturated carbocycles. The van der Waals surface area contributed by atoms with Crippen LogP contribution in [0.4, 0.5) is 15.8 Å². The van der Waals surface area contributed by atoms with E-state index in [1.54, 1.807) is 17.0 Å². The largest absolute Gasteiger partial charge is 0.323 e. The fourth-order valence-corrected chi connectivity index (χ4v) is 3.31. The van der Waals surface area contributed by atoms with Gasteiger partial charge in [-0.25, -0.2) is 4.39 Å². The summed E-state index contributed by atoms with van der Waals surface area (Å²) in [5.74, 6) is -1.43. The molecule has 1 heterocycles. The van der Waals surface area contributed by atoms with E-state index >= 15 is 0 Å². The minimum Gasteiger partial charge on any atom is -0.323 e. The van der Waals surface area contributed by atoms with E-state index in [-0.39, 0.29) is 29.3 Å². The van der Waals surface area contributed by atoms with Gasteiger partial charge >= 0.3 is 0 Å². The maximum absolute atomic E-state index is 13.6. The van der Waals surface area contributed by atoms with Gasteiger partial charge in [0.15, 0.2) is 0 Å². The summed E-state index contributed by atoms with van der Waals surface area (Å²) in [6, 6.07) is 13.9. The summed E-state index contributed by atoms with van der Waals surface area (Å²) in [6.07, 6.45) is 1.37. The first-order valence-corrected chi connectivity index (χ1v) is 8.10. The van der Waals surface area contributed by atoms with E-state index < -0.39 is 5.82 Å². The Morgan fingerprint density at radius 1 is 1.04 bits per heavy atom. The lowest BCUT2D eigenvalue weighted by molar-refractivity contribution is -0.123. The van der Waals surface area contributed by atoms with Gasteiger partial charge in [-0.2, -0.15) is 0 Å². The highest BCUT2D eigenvalue weighted by Gasteiger charge is 2.50. The fraction of sp³-hybridized carbons (Fsp3) is 0.263. The zero-order chi connectivity index (χ0) is 16.7. The molecule has 0 aromatic heterocycles. The van der Waals surface area contributed by atoms with Crippen molar-refractivity contribution in [2.45, 2.75) is 12.8 Å². The number of para-hydroxylation sites is 2. The van der Waals surface area contributed by atoms with Crippen LogP contribution in [-0.4, -0.2) is 18.4 Å². The van der Waals surface area contributed by atoms with Gasteiger partial charge in [0, 0.05) is 12.2 Å². The normalized spacial score (nSPS) is 21.3. The number of fused-ring (bicyclic) bond motifs is 1. The number of hydrogen-bond donors (Lipinski definition) is 1. The number of benzene rings is 2. The second-order valence-electron chi connectivity index (χ2n) is 6.29. The van der Waals surface area contributed by atoms with Gasteiger partial charge in [0.2, 0.25) is 11.8 Å². The Kier molecular flexibility index (Phi) is 3.56. The molecule has 24 heavy (non-hydrogen) atoms. The Balaban J connectivity index is 1.42. The number of rotatable bonds is 3. The highest BCUT2D eigenvalue weighted by molar-refractivity contribution is 6.05. The molecular formula is C19H17FN2O2. The van der Waals surface area contributed by atoms with Crippen LogP contribution >= 0.6 is 0 Å². The molecule has 1 N–H and O–H groups in total. The molecule has 0 radical (unpaired) electrons. The third kappa shape index (κ3) is 2.56. The van der Waals surface area contributed by atoms with Crippen LogP contribution in [-0.2, 0) is 16.0 Å². The van der Waals surface area contributed by atoms with Crippen molar-refractivity contribution in [1.29, 1.82) is 0 Å². The summed E-state index contributed by atoms with van der Waals surface area (Å²) < 4.78 is 13.6. The van der Waals surface area contributed by atoms with E-state index in [4.69, 9.17) is 0 Å². The number of nitrogens with one attached hydrogen (secondary N) is 1. The maximum Gasteiger partial charge on any atom is 0.230 e. The second-order valence-corrected chi connectivity index (χ2v) is 6.29. The number of halogens is 1. The monoisotopic (exact) mass is 324 g/mol. The molecule has 2 amide bonds. The summed E-state index contributed by atoms with van der Waals surface area (Å²) in [5.41, 5.74) is 2.27. The fourth-order valence-electron chi connectivity index (χ4n) is 3.31. The number of nitrogens with zero attached hydrogens (tertiary/aromatic N) is 1. The van der Waals surface area contributed by atoms with E-state index in [1.165, 1.54) is 17.7 Å². The predicted octanol–water partition coefficient (Wildman–Crippen LogP) is 2.99. The van der Waals surface area contributed by atoms with Crippen molar-refractivity contribution >= 4 is 23.2 Å². The standard InChI is InChI=1S/C19H17FN2O2/c20-15-6-2-3-7-16(15)21-18(23)13-11-14(13)19(24)22-10-9-12-5-1-4-8-17(12)22/h1-8,13-14H,9-11H2,(H,21,23). The van der Waals surface area contributed by atoms with E-state index in [2.05, 4.69) is 5.32 Å².